The molecular weight excluding hydrogens is 447 g/mol. The number of Topliss-reactive ketones (excluding diaryl/α,β-unsaturated/α-hetero) is 1. The second-order valence-electron chi connectivity index (χ2n) is 7.37. The average molecular weight is 465 g/mol. The molecule has 3 amide bonds. The van der Waals surface area contributed by atoms with E-state index >= 15 is 0 Å². The zero-order valence-electron chi connectivity index (χ0n) is 15.8. The summed E-state index contributed by atoms with van der Waals surface area (Å²) in [6.45, 7) is -0.435. The van der Waals surface area contributed by atoms with Gasteiger partial charge in [0.05, 0.1) is 27.3 Å². The molecule has 1 aliphatic carbocycles. The molecule has 6 nitrogen and oxygen atoms in total. The largest absolute Gasteiger partial charge is 0.291 e. The Morgan fingerprint density at radius 1 is 1.07 bits per heavy atom. The lowest BCUT2D eigenvalue weighted by molar-refractivity contribution is -0.154. The summed E-state index contributed by atoms with van der Waals surface area (Å²) in [5.74, 6) is -2.80. The third kappa shape index (κ3) is 3.77. The fourth-order valence-corrected chi connectivity index (χ4v) is 5.22. The van der Waals surface area contributed by atoms with E-state index in [2.05, 4.69) is 0 Å². The van der Waals surface area contributed by atoms with Gasteiger partial charge in [-0.25, -0.2) is 5.01 Å². The lowest BCUT2D eigenvalue weighted by Crippen LogP contribution is -2.52. The van der Waals surface area contributed by atoms with Gasteiger partial charge in [0.15, 0.2) is 5.78 Å². The predicted molar refractivity (Wildman–Crippen MR) is 113 cm³/mol. The Kier molecular flexibility index (Phi) is 5.95. The minimum absolute atomic E-state index is 0.0653. The molecule has 2 aliphatic rings. The van der Waals surface area contributed by atoms with E-state index in [-0.39, 0.29) is 16.4 Å². The van der Waals surface area contributed by atoms with E-state index in [0.717, 1.165) is 22.9 Å². The molecule has 156 valence electrons. The fourth-order valence-electron chi connectivity index (χ4n) is 4.07. The van der Waals surface area contributed by atoms with Crippen LogP contribution in [0.2, 0.25) is 10.0 Å². The molecule has 1 aromatic carbocycles. The minimum atomic E-state index is -0.693. The highest BCUT2D eigenvalue weighted by Gasteiger charge is 2.52. The molecule has 1 aromatic heterocycles. The molecule has 2 fully saturated rings. The highest BCUT2D eigenvalue weighted by molar-refractivity contribution is 7.12. The van der Waals surface area contributed by atoms with Crippen LogP contribution in [0.25, 0.3) is 0 Å². The quantitative estimate of drug-likeness (QED) is 0.483. The first-order chi connectivity index (χ1) is 14.4. The molecule has 9 heteroatoms. The van der Waals surface area contributed by atoms with E-state index in [1.165, 1.54) is 29.5 Å². The summed E-state index contributed by atoms with van der Waals surface area (Å²) in [7, 11) is 0. The SMILES string of the molecule is O=C(CN(C(=O)c1ccc(Cl)cc1Cl)N1C(=O)[C@@H]2CCCC[C@H]2C1=O)c1cccs1. The van der Waals surface area contributed by atoms with Crippen LogP contribution in [0.4, 0.5) is 0 Å². The van der Waals surface area contributed by atoms with E-state index in [0.29, 0.717) is 22.7 Å². The number of amides is 3. The lowest BCUT2D eigenvalue weighted by Gasteiger charge is -2.30. The molecule has 0 bridgehead atoms. The van der Waals surface area contributed by atoms with Crippen molar-refractivity contribution in [1.82, 2.24) is 10.0 Å². The average Bonchev–Trinajstić information content (AvgIpc) is 3.34. The Hall–Kier alpha value is -2.22. The lowest BCUT2D eigenvalue weighted by atomic mass is 9.81. The molecule has 1 aliphatic heterocycles. The summed E-state index contributed by atoms with van der Waals surface area (Å²) >= 11 is 13.4. The Morgan fingerprint density at radius 2 is 1.73 bits per heavy atom. The number of carbonyl (C=O) groups excluding carboxylic acids is 4. The molecule has 0 spiro atoms. The van der Waals surface area contributed by atoms with Crippen LogP contribution in [-0.2, 0) is 9.59 Å². The molecular formula is C21H18Cl2N2O4S. The smallest absolute Gasteiger partial charge is 0.274 e. The van der Waals surface area contributed by atoms with Crippen LogP contribution >= 0.6 is 34.5 Å². The molecule has 1 saturated heterocycles. The van der Waals surface area contributed by atoms with E-state index in [1.807, 2.05) is 0 Å². The van der Waals surface area contributed by atoms with Crippen molar-refractivity contribution in [2.24, 2.45) is 11.8 Å². The number of rotatable bonds is 5. The molecule has 1 saturated carbocycles. The van der Waals surface area contributed by atoms with Gasteiger partial charge in [-0.3, -0.25) is 19.2 Å². The first kappa shape index (κ1) is 21.0. The summed E-state index contributed by atoms with van der Waals surface area (Å²) < 4.78 is 0. The summed E-state index contributed by atoms with van der Waals surface area (Å²) in [4.78, 5) is 52.8. The van der Waals surface area contributed by atoms with Crippen molar-refractivity contribution in [2.75, 3.05) is 6.54 Å². The van der Waals surface area contributed by atoms with E-state index < -0.39 is 36.1 Å². The zero-order valence-corrected chi connectivity index (χ0v) is 18.2. The van der Waals surface area contributed by atoms with Crippen LogP contribution in [0.5, 0.6) is 0 Å². The number of benzene rings is 1. The number of hydrogen-bond donors (Lipinski definition) is 0. The molecule has 2 atom stereocenters. The molecule has 2 heterocycles. The number of hydrazine groups is 1. The van der Waals surface area contributed by atoms with Gasteiger partial charge in [0.2, 0.25) is 0 Å². The summed E-state index contributed by atoms with van der Waals surface area (Å²) in [6.07, 6.45) is 2.93. The van der Waals surface area contributed by atoms with Gasteiger partial charge in [-0.05, 0) is 42.5 Å². The van der Waals surface area contributed by atoms with E-state index in [1.54, 1.807) is 17.5 Å². The molecule has 0 radical (unpaired) electrons. The maximum atomic E-state index is 13.4. The second-order valence-corrected chi connectivity index (χ2v) is 9.16. The summed E-state index contributed by atoms with van der Waals surface area (Å²) in [5.41, 5.74) is 0.0653. The maximum Gasteiger partial charge on any atom is 0.274 e. The highest BCUT2D eigenvalue weighted by Crippen LogP contribution is 2.39. The topological polar surface area (TPSA) is 74.8 Å². The van der Waals surface area contributed by atoms with E-state index in [4.69, 9.17) is 23.2 Å². The molecule has 0 unspecified atom stereocenters. The monoisotopic (exact) mass is 464 g/mol. The van der Waals surface area contributed by atoms with Crippen molar-refractivity contribution in [3.8, 4) is 0 Å². The normalized spacial score (nSPS) is 20.9. The summed E-state index contributed by atoms with van der Waals surface area (Å²) in [6, 6.07) is 7.68. The highest BCUT2D eigenvalue weighted by atomic mass is 35.5. The molecule has 4 rings (SSSR count). The van der Waals surface area contributed by atoms with E-state index in [9.17, 15) is 19.2 Å². The Bertz CT molecular complexity index is 1000. The van der Waals surface area contributed by atoms with Gasteiger partial charge in [0.1, 0.15) is 6.54 Å². The van der Waals surface area contributed by atoms with Crippen molar-refractivity contribution < 1.29 is 19.2 Å². The predicted octanol–water partition coefficient (Wildman–Crippen LogP) is 4.47. The number of carbonyl (C=O) groups is 4. The second kappa shape index (κ2) is 8.49. The number of imide groups is 1. The molecule has 0 N–H and O–H groups in total. The van der Waals surface area contributed by atoms with Gasteiger partial charge >= 0.3 is 0 Å². The van der Waals surface area contributed by atoms with Crippen molar-refractivity contribution in [3.63, 3.8) is 0 Å². The Morgan fingerprint density at radius 3 is 2.30 bits per heavy atom. The molecule has 30 heavy (non-hydrogen) atoms. The zero-order chi connectivity index (χ0) is 21.4. The first-order valence-corrected chi connectivity index (χ1v) is 11.2. The van der Waals surface area contributed by atoms with Gasteiger partial charge in [0, 0.05) is 5.02 Å². The number of fused-ring (bicyclic) bond motifs is 1. The molecule has 2 aromatic rings. The number of nitrogens with zero attached hydrogens (tertiary/aromatic N) is 2. The van der Waals surface area contributed by atoms with Crippen LogP contribution in [0.1, 0.15) is 45.7 Å². The number of thiophene rings is 1. The van der Waals surface area contributed by atoms with Crippen molar-refractivity contribution in [1.29, 1.82) is 0 Å². The van der Waals surface area contributed by atoms with Crippen LogP contribution in [0.3, 0.4) is 0 Å². The van der Waals surface area contributed by atoms with Gasteiger partial charge < -0.3 is 0 Å². The van der Waals surface area contributed by atoms with Crippen LogP contribution in [0.15, 0.2) is 35.7 Å². The fraction of sp³-hybridized carbons (Fsp3) is 0.333. The third-order valence-corrected chi connectivity index (χ3v) is 7.00. The number of hydrogen-bond acceptors (Lipinski definition) is 5. The Balaban J connectivity index is 1.71. The van der Waals surface area contributed by atoms with Crippen LogP contribution < -0.4 is 0 Å². The van der Waals surface area contributed by atoms with Gasteiger partial charge in [-0.15, -0.1) is 11.3 Å². The van der Waals surface area contributed by atoms with Gasteiger partial charge in [-0.1, -0.05) is 42.1 Å². The number of ketones is 1. The first-order valence-electron chi connectivity index (χ1n) is 9.60. The summed E-state index contributed by atoms with van der Waals surface area (Å²) in [5, 5.41) is 3.99. The van der Waals surface area contributed by atoms with Crippen molar-refractivity contribution in [3.05, 3.63) is 56.2 Å². The van der Waals surface area contributed by atoms with Gasteiger partial charge in [-0.2, -0.15) is 5.01 Å². The minimum Gasteiger partial charge on any atom is -0.291 e. The van der Waals surface area contributed by atoms with Crippen molar-refractivity contribution >= 4 is 58.0 Å². The third-order valence-electron chi connectivity index (χ3n) is 5.54. The number of halogens is 2. The Labute approximate surface area is 187 Å². The van der Waals surface area contributed by atoms with Crippen LogP contribution in [0, 0.1) is 11.8 Å². The van der Waals surface area contributed by atoms with Crippen LogP contribution in [-0.4, -0.2) is 40.1 Å². The van der Waals surface area contributed by atoms with Gasteiger partial charge in [0.25, 0.3) is 17.7 Å². The van der Waals surface area contributed by atoms with Crippen molar-refractivity contribution in [2.45, 2.75) is 25.7 Å². The standard InChI is InChI=1S/C21H18Cl2N2O4S/c22-12-7-8-15(16(23)10-12)19(27)24(11-17(26)18-6-3-9-30-18)25-20(28)13-4-1-2-5-14(13)21(25)29/h3,6-10,13-14H,1-2,4-5,11H2/t13-,14-/m1/s1. The maximum absolute atomic E-state index is 13.4.